The molecule has 1 N–H and O–H groups in total. The summed E-state index contributed by atoms with van der Waals surface area (Å²) in [5.41, 5.74) is 1.11. The van der Waals surface area contributed by atoms with Crippen LogP contribution < -0.4 is 0 Å². The summed E-state index contributed by atoms with van der Waals surface area (Å²) in [6.45, 7) is 0. The Labute approximate surface area is 130 Å². The van der Waals surface area contributed by atoms with Gasteiger partial charge in [0, 0.05) is 11.2 Å². The van der Waals surface area contributed by atoms with E-state index in [1.165, 1.54) is 12.1 Å². The molecule has 0 fully saturated rings. The van der Waals surface area contributed by atoms with Crippen molar-refractivity contribution in [1.82, 2.24) is 0 Å². The molecule has 0 unspecified atom stereocenters. The first kappa shape index (κ1) is 14.9. The second-order valence-corrected chi connectivity index (χ2v) is 5.15. The summed E-state index contributed by atoms with van der Waals surface area (Å²) >= 11 is 17.6. The predicted molar refractivity (Wildman–Crippen MR) is 82.1 cm³/mol. The zero-order chi connectivity index (χ0) is 14.7. The van der Waals surface area contributed by atoms with Crippen molar-refractivity contribution < 1.29 is 9.90 Å². The van der Waals surface area contributed by atoms with E-state index in [0.29, 0.717) is 10.7 Å². The van der Waals surface area contributed by atoms with Gasteiger partial charge in [-0.25, -0.2) is 4.79 Å². The molecule has 2 aromatic carbocycles. The minimum absolute atomic E-state index is 0.0423. The first-order chi connectivity index (χ1) is 9.47. The Hall–Kier alpha value is -1.55. The summed E-state index contributed by atoms with van der Waals surface area (Å²) in [5.74, 6) is -1.13. The molecule has 0 aliphatic rings. The number of carboxylic acid groups (broad SMARTS) is 1. The van der Waals surface area contributed by atoms with Gasteiger partial charge in [-0.15, -0.1) is 0 Å². The topological polar surface area (TPSA) is 49.7 Å². The van der Waals surface area contributed by atoms with E-state index in [4.69, 9.17) is 39.9 Å². The molecular weight excluding hydrogens is 321 g/mol. The van der Waals surface area contributed by atoms with Crippen LogP contribution in [0.15, 0.2) is 41.4 Å². The average Bonchev–Trinajstić information content (AvgIpc) is 2.39. The van der Waals surface area contributed by atoms with Gasteiger partial charge < -0.3 is 5.11 Å². The van der Waals surface area contributed by atoms with Crippen LogP contribution in [0.3, 0.4) is 0 Å². The van der Waals surface area contributed by atoms with Crippen molar-refractivity contribution in [3.63, 3.8) is 0 Å². The smallest absolute Gasteiger partial charge is 0.337 e. The van der Waals surface area contributed by atoms with Crippen molar-refractivity contribution in [3.8, 4) is 0 Å². The molecule has 2 aromatic rings. The lowest BCUT2D eigenvalue weighted by Crippen LogP contribution is -1.97. The number of halogens is 3. The third kappa shape index (κ3) is 3.51. The van der Waals surface area contributed by atoms with Gasteiger partial charge in [-0.1, -0.05) is 46.9 Å². The Kier molecular flexibility index (Phi) is 4.65. The highest BCUT2D eigenvalue weighted by Gasteiger charge is 2.12. The highest BCUT2D eigenvalue weighted by molar-refractivity contribution is 6.38. The summed E-state index contributed by atoms with van der Waals surface area (Å²) in [7, 11) is 0. The van der Waals surface area contributed by atoms with Crippen molar-refractivity contribution in [3.05, 3.63) is 62.6 Å². The molecule has 0 aromatic heterocycles. The van der Waals surface area contributed by atoms with Crippen molar-refractivity contribution in [2.45, 2.75) is 0 Å². The SMILES string of the molecule is O=C(O)c1cc(N=Cc2ccc(Cl)cc2)c(Cl)cc1Cl. The number of aromatic carboxylic acids is 1. The molecule has 102 valence electrons. The normalized spacial score (nSPS) is 10.9. The van der Waals surface area contributed by atoms with Gasteiger partial charge in [0.2, 0.25) is 0 Å². The molecule has 0 saturated carbocycles. The van der Waals surface area contributed by atoms with Gasteiger partial charge in [-0.05, 0) is 29.8 Å². The molecule has 0 heterocycles. The molecule has 6 heteroatoms. The number of aliphatic imine (C=N–C) groups is 1. The molecule has 0 saturated heterocycles. The lowest BCUT2D eigenvalue weighted by atomic mass is 10.2. The van der Waals surface area contributed by atoms with Gasteiger partial charge in [-0.2, -0.15) is 0 Å². The van der Waals surface area contributed by atoms with Crippen LogP contribution in [0.1, 0.15) is 15.9 Å². The van der Waals surface area contributed by atoms with Crippen LogP contribution in [-0.4, -0.2) is 17.3 Å². The molecule has 0 radical (unpaired) electrons. The first-order valence-electron chi connectivity index (χ1n) is 5.49. The fourth-order valence-electron chi connectivity index (χ4n) is 1.49. The van der Waals surface area contributed by atoms with E-state index in [9.17, 15) is 4.79 Å². The number of hydrogen-bond donors (Lipinski definition) is 1. The molecule has 0 aliphatic heterocycles. The van der Waals surface area contributed by atoms with Gasteiger partial charge in [0.15, 0.2) is 0 Å². The maximum Gasteiger partial charge on any atom is 0.337 e. The summed E-state index contributed by atoms with van der Waals surface area (Å²) in [6.07, 6.45) is 1.57. The quantitative estimate of drug-likeness (QED) is 0.797. The van der Waals surface area contributed by atoms with Crippen molar-refractivity contribution in [2.75, 3.05) is 0 Å². The van der Waals surface area contributed by atoms with Crippen LogP contribution in [-0.2, 0) is 0 Å². The average molecular weight is 329 g/mol. The van der Waals surface area contributed by atoms with Crippen LogP contribution in [0.5, 0.6) is 0 Å². The monoisotopic (exact) mass is 327 g/mol. The summed E-state index contributed by atoms with van der Waals surface area (Å²) in [4.78, 5) is 15.2. The molecule has 0 bridgehead atoms. The molecule has 0 aliphatic carbocycles. The fourth-order valence-corrected chi connectivity index (χ4v) is 2.13. The number of carboxylic acids is 1. The highest BCUT2D eigenvalue weighted by Crippen LogP contribution is 2.31. The molecule has 3 nitrogen and oxygen atoms in total. The zero-order valence-electron chi connectivity index (χ0n) is 9.98. The number of hydrogen-bond acceptors (Lipinski definition) is 2. The van der Waals surface area contributed by atoms with Gasteiger partial charge in [0.05, 0.1) is 21.3 Å². The van der Waals surface area contributed by atoms with Gasteiger partial charge in [-0.3, -0.25) is 4.99 Å². The molecular formula is C14H8Cl3NO2. The third-order valence-corrected chi connectivity index (χ3v) is 3.36. The second kappa shape index (κ2) is 6.27. The summed E-state index contributed by atoms with van der Waals surface area (Å²) in [6, 6.07) is 9.73. The van der Waals surface area contributed by atoms with Crippen molar-refractivity contribution in [1.29, 1.82) is 0 Å². The Balaban J connectivity index is 2.35. The lowest BCUT2D eigenvalue weighted by Gasteiger charge is -2.03. The fraction of sp³-hybridized carbons (Fsp3) is 0. The Morgan fingerprint density at radius 3 is 2.30 bits per heavy atom. The number of carbonyl (C=O) groups is 1. The van der Waals surface area contributed by atoms with Gasteiger partial charge >= 0.3 is 5.97 Å². The van der Waals surface area contributed by atoms with Crippen molar-refractivity contribution in [2.24, 2.45) is 4.99 Å². The second-order valence-electron chi connectivity index (χ2n) is 3.90. The van der Waals surface area contributed by atoms with Gasteiger partial charge in [0.25, 0.3) is 0 Å². The van der Waals surface area contributed by atoms with E-state index < -0.39 is 5.97 Å². The van der Waals surface area contributed by atoms with Crippen LogP contribution in [0.2, 0.25) is 15.1 Å². The number of nitrogens with zero attached hydrogens (tertiary/aromatic N) is 1. The number of benzene rings is 2. The van der Waals surface area contributed by atoms with E-state index >= 15 is 0 Å². The van der Waals surface area contributed by atoms with E-state index in [0.717, 1.165) is 5.56 Å². The van der Waals surface area contributed by atoms with E-state index in [1.54, 1.807) is 30.5 Å². The predicted octanol–water partition coefficient (Wildman–Crippen LogP) is 5.10. The van der Waals surface area contributed by atoms with E-state index in [1.807, 2.05) is 0 Å². The molecule has 0 amide bonds. The first-order valence-corrected chi connectivity index (χ1v) is 6.63. The highest BCUT2D eigenvalue weighted by atomic mass is 35.5. The third-order valence-electron chi connectivity index (χ3n) is 2.49. The largest absolute Gasteiger partial charge is 0.478 e. The lowest BCUT2D eigenvalue weighted by molar-refractivity contribution is 0.0697. The zero-order valence-corrected chi connectivity index (χ0v) is 12.2. The number of rotatable bonds is 3. The van der Waals surface area contributed by atoms with Crippen LogP contribution in [0.4, 0.5) is 5.69 Å². The molecule has 2 rings (SSSR count). The van der Waals surface area contributed by atoms with Crippen LogP contribution in [0, 0.1) is 0 Å². The van der Waals surface area contributed by atoms with Crippen LogP contribution >= 0.6 is 34.8 Å². The molecule has 0 atom stereocenters. The van der Waals surface area contributed by atoms with E-state index in [2.05, 4.69) is 4.99 Å². The summed E-state index contributed by atoms with van der Waals surface area (Å²) in [5, 5.41) is 9.99. The summed E-state index contributed by atoms with van der Waals surface area (Å²) < 4.78 is 0. The van der Waals surface area contributed by atoms with Crippen LogP contribution in [0.25, 0.3) is 0 Å². The minimum atomic E-state index is -1.13. The Bertz CT molecular complexity index is 682. The van der Waals surface area contributed by atoms with Crippen molar-refractivity contribution >= 4 is 52.7 Å². The maximum absolute atomic E-state index is 11.0. The minimum Gasteiger partial charge on any atom is -0.478 e. The Morgan fingerprint density at radius 2 is 1.70 bits per heavy atom. The van der Waals surface area contributed by atoms with Gasteiger partial charge in [0.1, 0.15) is 0 Å². The van der Waals surface area contributed by atoms with E-state index in [-0.39, 0.29) is 15.6 Å². The molecule has 20 heavy (non-hydrogen) atoms. The standard InChI is InChI=1S/C14H8Cl3NO2/c15-9-3-1-8(2-4-9)7-18-13-5-10(14(19)20)11(16)6-12(13)17/h1-7H,(H,19,20). The maximum atomic E-state index is 11.0. The molecule has 0 spiro atoms. The Morgan fingerprint density at radius 1 is 1.05 bits per heavy atom.